The average Bonchev–Trinajstić information content (AvgIpc) is 2.77. The number of nitrogens with one attached hydrogen (secondary N) is 2. The summed E-state index contributed by atoms with van der Waals surface area (Å²) in [5.41, 5.74) is 13.3. The van der Waals surface area contributed by atoms with Crippen LogP contribution in [-0.4, -0.2) is 40.8 Å². The molecular formula is C23H31N5O3. The van der Waals surface area contributed by atoms with Crippen molar-refractivity contribution >= 4 is 17.7 Å². The number of hydrogen-bond acceptors (Lipinski definition) is 5. The quantitative estimate of drug-likeness (QED) is 0.419. The minimum absolute atomic E-state index is 0.136. The summed E-state index contributed by atoms with van der Waals surface area (Å²) in [6.07, 6.45) is 4.49. The number of pyridine rings is 1. The summed E-state index contributed by atoms with van der Waals surface area (Å²) < 4.78 is 0. The van der Waals surface area contributed by atoms with Gasteiger partial charge in [0.05, 0.1) is 6.04 Å². The lowest BCUT2D eigenvalue weighted by Gasteiger charge is -2.26. The fraction of sp³-hybridized carbons (Fsp3) is 0.391. The van der Waals surface area contributed by atoms with Crippen LogP contribution < -0.4 is 22.1 Å². The molecule has 0 radical (unpaired) electrons. The molecule has 1 heterocycles. The molecule has 0 bridgehead atoms. The lowest BCUT2D eigenvalue weighted by molar-refractivity contribution is -0.132. The molecule has 4 atom stereocenters. The highest BCUT2D eigenvalue weighted by molar-refractivity contribution is 5.93. The van der Waals surface area contributed by atoms with E-state index in [9.17, 15) is 14.4 Å². The zero-order valence-corrected chi connectivity index (χ0v) is 18.0. The maximum atomic E-state index is 13.0. The zero-order chi connectivity index (χ0) is 22.8. The van der Waals surface area contributed by atoms with Crippen LogP contribution in [0.25, 0.3) is 0 Å². The first-order chi connectivity index (χ1) is 14.8. The Morgan fingerprint density at radius 2 is 1.55 bits per heavy atom. The molecule has 8 nitrogen and oxygen atoms in total. The SMILES string of the molecule is CC[C@H](C)[C@H](NC(=O)[C@H](Cc1ccccc1)NC(=O)[C@@H](N)Cc1ccncc1)C(N)=O. The number of nitrogens with two attached hydrogens (primary N) is 2. The monoisotopic (exact) mass is 425 g/mol. The molecule has 166 valence electrons. The van der Waals surface area contributed by atoms with Gasteiger partial charge >= 0.3 is 0 Å². The Balaban J connectivity index is 2.14. The van der Waals surface area contributed by atoms with E-state index in [-0.39, 0.29) is 12.3 Å². The number of amides is 3. The third-order valence-electron chi connectivity index (χ3n) is 5.27. The van der Waals surface area contributed by atoms with E-state index in [1.807, 2.05) is 44.2 Å². The molecule has 0 aliphatic rings. The lowest BCUT2D eigenvalue weighted by Crippen LogP contribution is -2.57. The number of aromatic nitrogens is 1. The number of rotatable bonds is 11. The van der Waals surface area contributed by atoms with Gasteiger partial charge in [-0.1, -0.05) is 50.6 Å². The Labute approximate surface area is 182 Å². The van der Waals surface area contributed by atoms with Gasteiger partial charge in [0.1, 0.15) is 12.1 Å². The number of carbonyl (C=O) groups is 3. The highest BCUT2D eigenvalue weighted by atomic mass is 16.2. The minimum Gasteiger partial charge on any atom is -0.368 e. The molecule has 1 aromatic carbocycles. The van der Waals surface area contributed by atoms with Crippen LogP contribution in [-0.2, 0) is 27.2 Å². The van der Waals surface area contributed by atoms with Gasteiger partial charge in [0.2, 0.25) is 17.7 Å². The number of carbonyl (C=O) groups excluding carboxylic acids is 3. The van der Waals surface area contributed by atoms with Crippen molar-refractivity contribution < 1.29 is 14.4 Å². The van der Waals surface area contributed by atoms with Crippen molar-refractivity contribution in [3.63, 3.8) is 0 Å². The van der Waals surface area contributed by atoms with Crippen LogP contribution in [0.3, 0.4) is 0 Å². The number of nitrogens with zero attached hydrogens (tertiary/aromatic N) is 1. The summed E-state index contributed by atoms with van der Waals surface area (Å²) in [6.45, 7) is 3.75. The lowest BCUT2D eigenvalue weighted by atomic mass is 9.97. The largest absolute Gasteiger partial charge is 0.368 e. The summed E-state index contributed by atoms with van der Waals surface area (Å²) in [5.74, 6) is -1.67. The summed E-state index contributed by atoms with van der Waals surface area (Å²) in [5, 5.41) is 5.45. The third-order valence-corrected chi connectivity index (χ3v) is 5.27. The molecule has 6 N–H and O–H groups in total. The van der Waals surface area contributed by atoms with Crippen molar-refractivity contribution in [3.05, 3.63) is 66.0 Å². The molecule has 0 saturated heterocycles. The molecule has 0 fully saturated rings. The van der Waals surface area contributed by atoms with Crippen molar-refractivity contribution in [3.8, 4) is 0 Å². The van der Waals surface area contributed by atoms with Crippen molar-refractivity contribution in [2.75, 3.05) is 0 Å². The first-order valence-electron chi connectivity index (χ1n) is 10.4. The second-order valence-electron chi connectivity index (χ2n) is 7.69. The van der Waals surface area contributed by atoms with E-state index in [0.717, 1.165) is 11.1 Å². The van der Waals surface area contributed by atoms with Crippen LogP contribution in [0, 0.1) is 5.92 Å². The fourth-order valence-corrected chi connectivity index (χ4v) is 3.19. The Bertz CT molecular complexity index is 860. The second kappa shape index (κ2) is 11.8. The highest BCUT2D eigenvalue weighted by Gasteiger charge is 2.29. The smallest absolute Gasteiger partial charge is 0.243 e. The van der Waals surface area contributed by atoms with Gasteiger partial charge in [-0.2, -0.15) is 0 Å². The number of hydrogen-bond donors (Lipinski definition) is 4. The van der Waals surface area contributed by atoms with E-state index in [4.69, 9.17) is 11.5 Å². The van der Waals surface area contributed by atoms with Crippen molar-refractivity contribution in [2.45, 2.75) is 51.2 Å². The molecule has 3 amide bonds. The van der Waals surface area contributed by atoms with E-state index in [1.165, 1.54) is 0 Å². The van der Waals surface area contributed by atoms with Gasteiger partial charge in [0, 0.05) is 18.8 Å². The summed E-state index contributed by atoms with van der Waals surface area (Å²) in [7, 11) is 0. The fourth-order valence-electron chi connectivity index (χ4n) is 3.19. The Morgan fingerprint density at radius 1 is 0.935 bits per heavy atom. The van der Waals surface area contributed by atoms with Crippen molar-refractivity contribution in [1.29, 1.82) is 0 Å². The van der Waals surface area contributed by atoms with Crippen molar-refractivity contribution in [1.82, 2.24) is 15.6 Å². The maximum Gasteiger partial charge on any atom is 0.243 e. The molecule has 0 aliphatic heterocycles. The molecule has 0 unspecified atom stereocenters. The van der Waals surface area contributed by atoms with Gasteiger partial charge in [-0.25, -0.2) is 0 Å². The van der Waals surface area contributed by atoms with Gasteiger partial charge in [0.25, 0.3) is 0 Å². The first kappa shape index (κ1) is 24.0. The molecule has 1 aromatic heterocycles. The molecule has 0 saturated carbocycles. The molecule has 0 spiro atoms. The summed E-state index contributed by atoms with van der Waals surface area (Å²) >= 11 is 0. The van der Waals surface area contributed by atoms with Crippen LogP contribution in [0.2, 0.25) is 0 Å². The van der Waals surface area contributed by atoms with Gasteiger partial charge in [-0.3, -0.25) is 19.4 Å². The maximum absolute atomic E-state index is 13.0. The van der Waals surface area contributed by atoms with E-state index in [1.54, 1.807) is 24.5 Å². The van der Waals surface area contributed by atoms with Crippen LogP contribution in [0.15, 0.2) is 54.9 Å². The van der Waals surface area contributed by atoms with Crippen molar-refractivity contribution in [2.24, 2.45) is 17.4 Å². The molecule has 0 aliphatic carbocycles. The van der Waals surface area contributed by atoms with E-state index in [0.29, 0.717) is 12.8 Å². The minimum atomic E-state index is -0.899. The highest BCUT2D eigenvalue weighted by Crippen LogP contribution is 2.10. The normalized spacial score (nSPS) is 14.7. The van der Waals surface area contributed by atoms with Gasteiger partial charge < -0.3 is 22.1 Å². The Kier molecular flexibility index (Phi) is 9.14. The van der Waals surface area contributed by atoms with E-state index in [2.05, 4.69) is 15.6 Å². The standard InChI is InChI=1S/C23H31N5O3/c1-3-15(2)20(21(25)29)28-23(31)19(14-16-7-5-4-6-8-16)27-22(30)18(24)13-17-9-11-26-12-10-17/h4-12,15,18-20H,3,13-14,24H2,1-2H3,(H2,25,29)(H,27,30)(H,28,31)/t15-,18-,19-,20-/m0/s1. The molecule has 31 heavy (non-hydrogen) atoms. The van der Waals surface area contributed by atoms with Crippen LogP contribution in [0.4, 0.5) is 0 Å². The second-order valence-corrected chi connectivity index (χ2v) is 7.69. The molecule has 2 rings (SSSR count). The predicted molar refractivity (Wildman–Crippen MR) is 119 cm³/mol. The van der Waals surface area contributed by atoms with E-state index < -0.39 is 35.8 Å². The van der Waals surface area contributed by atoms with Crippen LogP contribution >= 0.6 is 0 Å². The van der Waals surface area contributed by atoms with Gasteiger partial charge in [0.15, 0.2) is 0 Å². The van der Waals surface area contributed by atoms with Crippen LogP contribution in [0.5, 0.6) is 0 Å². The molecular weight excluding hydrogens is 394 g/mol. The predicted octanol–water partition coefficient (Wildman–Crippen LogP) is 0.695. The van der Waals surface area contributed by atoms with Crippen LogP contribution in [0.1, 0.15) is 31.4 Å². The number of benzene rings is 1. The third kappa shape index (κ3) is 7.49. The van der Waals surface area contributed by atoms with E-state index >= 15 is 0 Å². The summed E-state index contributed by atoms with van der Waals surface area (Å²) in [4.78, 5) is 41.5. The average molecular weight is 426 g/mol. The molecule has 2 aromatic rings. The first-order valence-corrected chi connectivity index (χ1v) is 10.4. The Hall–Kier alpha value is -3.26. The van der Waals surface area contributed by atoms with Gasteiger partial charge in [-0.05, 0) is 35.6 Å². The topological polar surface area (TPSA) is 140 Å². The molecule has 8 heteroatoms. The summed E-state index contributed by atoms with van der Waals surface area (Å²) in [6, 6.07) is 10.3. The Morgan fingerprint density at radius 3 is 2.13 bits per heavy atom. The zero-order valence-electron chi connectivity index (χ0n) is 18.0. The number of primary amides is 1. The van der Waals surface area contributed by atoms with Gasteiger partial charge in [-0.15, -0.1) is 0 Å².